The third-order valence-corrected chi connectivity index (χ3v) is 4.86. The van der Waals surface area contributed by atoms with E-state index >= 15 is 0 Å². The molecule has 0 N–H and O–H groups in total. The number of benzene rings is 1. The fourth-order valence-electron chi connectivity index (χ4n) is 2.66. The van der Waals surface area contributed by atoms with Gasteiger partial charge in [0.25, 0.3) is 5.91 Å². The first-order valence-corrected chi connectivity index (χ1v) is 7.47. The van der Waals surface area contributed by atoms with Gasteiger partial charge in [-0.05, 0) is 55.8 Å². The zero-order chi connectivity index (χ0) is 13.4. The number of piperidine rings is 1. The molecule has 3 rings (SSSR count). The number of carbonyl (C=O) groups excluding carboxylic acids is 1. The molecule has 4 heteroatoms. The van der Waals surface area contributed by atoms with Crippen LogP contribution in [0.4, 0.5) is 4.39 Å². The van der Waals surface area contributed by atoms with E-state index in [2.05, 4.69) is 6.92 Å². The highest BCUT2D eigenvalue weighted by Crippen LogP contribution is 2.29. The molecule has 1 fully saturated rings. The SMILES string of the molecule is CC1CCCCN1C(=O)c1cc2cc(F)ccc2s1. The number of thiophene rings is 1. The molecule has 1 atom stereocenters. The molecule has 2 aromatic rings. The zero-order valence-electron chi connectivity index (χ0n) is 10.9. The van der Waals surface area contributed by atoms with E-state index in [-0.39, 0.29) is 11.7 Å². The van der Waals surface area contributed by atoms with E-state index in [1.807, 2.05) is 11.0 Å². The van der Waals surface area contributed by atoms with E-state index < -0.39 is 0 Å². The van der Waals surface area contributed by atoms with Gasteiger partial charge in [-0.3, -0.25) is 4.79 Å². The Morgan fingerprint density at radius 1 is 1.37 bits per heavy atom. The lowest BCUT2D eigenvalue weighted by Crippen LogP contribution is -2.41. The van der Waals surface area contributed by atoms with E-state index in [0.717, 1.165) is 29.5 Å². The lowest BCUT2D eigenvalue weighted by Gasteiger charge is -2.33. The summed E-state index contributed by atoms with van der Waals surface area (Å²) in [6.07, 6.45) is 3.35. The predicted octanol–water partition coefficient (Wildman–Crippen LogP) is 4.06. The van der Waals surface area contributed by atoms with Crippen LogP contribution in [0.2, 0.25) is 0 Å². The second kappa shape index (κ2) is 4.93. The molecule has 0 radical (unpaired) electrons. The molecule has 1 aliphatic rings. The van der Waals surface area contributed by atoms with Crippen molar-refractivity contribution in [2.45, 2.75) is 32.2 Å². The Morgan fingerprint density at radius 3 is 3.00 bits per heavy atom. The van der Waals surface area contributed by atoms with Gasteiger partial charge in [0, 0.05) is 17.3 Å². The third-order valence-electron chi connectivity index (χ3n) is 3.75. The van der Waals surface area contributed by atoms with Crippen LogP contribution >= 0.6 is 11.3 Å². The van der Waals surface area contributed by atoms with Crippen molar-refractivity contribution < 1.29 is 9.18 Å². The van der Waals surface area contributed by atoms with E-state index in [1.54, 1.807) is 6.07 Å². The van der Waals surface area contributed by atoms with Gasteiger partial charge in [-0.2, -0.15) is 0 Å². The molecule has 0 spiro atoms. The van der Waals surface area contributed by atoms with Crippen LogP contribution in [0.25, 0.3) is 10.1 Å². The summed E-state index contributed by atoms with van der Waals surface area (Å²) in [6, 6.07) is 6.79. The molecule has 2 nitrogen and oxygen atoms in total. The van der Waals surface area contributed by atoms with Gasteiger partial charge in [0.15, 0.2) is 0 Å². The maximum atomic E-state index is 13.2. The Morgan fingerprint density at radius 2 is 2.21 bits per heavy atom. The number of halogens is 1. The first kappa shape index (κ1) is 12.6. The summed E-state index contributed by atoms with van der Waals surface area (Å²) in [5.74, 6) is -0.163. The summed E-state index contributed by atoms with van der Waals surface area (Å²) in [5, 5.41) is 0.818. The van der Waals surface area contributed by atoms with Gasteiger partial charge in [-0.25, -0.2) is 4.39 Å². The lowest BCUT2D eigenvalue weighted by atomic mass is 10.0. The Bertz CT molecular complexity index is 622. The van der Waals surface area contributed by atoms with Crippen molar-refractivity contribution in [1.29, 1.82) is 0 Å². The third kappa shape index (κ3) is 2.37. The van der Waals surface area contributed by atoms with Gasteiger partial charge >= 0.3 is 0 Å². The number of amides is 1. The van der Waals surface area contributed by atoms with Crippen LogP contribution in [0.1, 0.15) is 35.9 Å². The lowest BCUT2D eigenvalue weighted by molar-refractivity contribution is 0.0641. The van der Waals surface area contributed by atoms with Crippen LogP contribution in [0.5, 0.6) is 0 Å². The van der Waals surface area contributed by atoms with Crippen LogP contribution in [-0.4, -0.2) is 23.4 Å². The molecule has 2 heterocycles. The summed E-state index contributed by atoms with van der Waals surface area (Å²) < 4.78 is 14.1. The molecule has 1 aliphatic heterocycles. The Kier molecular flexibility index (Phi) is 3.27. The predicted molar refractivity (Wildman–Crippen MR) is 76.1 cm³/mol. The van der Waals surface area contributed by atoms with Gasteiger partial charge in [0.2, 0.25) is 0 Å². The highest BCUT2D eigenvalue weighted by molar-refractivity contribution is 7.20. The van der Waals surface area contributed by atoms with Crippen molar-refractivity contribution in [1.82, 2.24) is 4.90 Å². The molecule has 1 aromatic heterocycles. The van der Waals surface area contributed by atoms with Gasteiger partial charge in [-0.1, -0.05) is 0 Å². The van der Waals surface area contributed by atoms with Crippen LogP contribution in [0.15, 0.2) is 24.3 Å². The molecule has 100 valence electrons. The summed E-state index contributed by atoms with van der Waals surface area (Å²) in [6.45, 7) is 2.94. The van der Waals surface area contributed by atoms with Crippen LogP contribution in [0.3, 0.4) is 0 Å². The van der Waals surface area contributed by atoms with Crippen LogP contribution < -0.4 is 0 Å². The fourth-order valence-corrected chi connectivity index (χ4v) is 3.66. The average molecular weight is 277 g/mol. The first-order chi connectivity index (χ1) is 9.15. The molecule has 19 heavy (non-hydrogen) atoms. The molecule has 1 aromatic carbocycles. The van der Waals surface area contributed by atoms with Gasteiger partial charge < -0.3 is 4.90 Å². The number of fused-ring (bicyclic) bond motifs is 1. The first-order valence-electron chi connectivity index (χ1n) is 6.65. The fraction of sp³-hybridized carbons (Fsp3) is 0.400. The largest absolute Gasteiger partial charge is 0.335 e. The second-order valence-corrected chi connectivity index (χ2v) is 6.22. The maximum Gasteiger partial charge on any atom is 0.264 e. The topological polar surface area (TPSA) is 20.3 Å². The van der Waals surface area contributed by atoms with Crippen molar-refractivity contribution in [3.63, 3.8) is 0 Å². The van der Waals surface area contributed by atoms with Crippen molar-refractivity contribution >= 4 is 27.3 Å². The highest BCUT2D eigenvalue weighted by atomic mass is 32.1. The Balaban J connectivity index is 1.92. The minimum atomic E-state index is -0.254. The average Bonchev–Trinajstić information content (AvgIpc) is 2.81. The molecule has 0 aliphatic carbocycles. The number of nitrogens with zero attached hydrogens (tertiary/aromatic N) is 1. The Hall–Kier alpha value is -1.42. The number of rotatable bonds is 1. The summed E-state index contributed by atoms with van der Waals surface area (Å²) in [4.78, 5) is 15.2. The monoisotopic (exact) mass is 277 g/mol. The summed E-state index contributed by atoms with van der Waals surface area (Å²) >= 11 is 1.45. The number of hydrogen-bond donors (Lipinski definition) is 0. The van der Waals surface area contributed by atoms with Gasteiger partial charge in [-0.15, -0.1) is 11.3 Å². The normalized spacial score (nSPS) is 19.9. The van der Waals surface area contributed by atoms with Crippen molar-refractivity contribution in [2.24, 2.45) is 0 Å². The van der Waals surface area contributed by atoms with E-state index in [0.29, 0.717) is 10.9 Å². The summed E-state index contributed by atoms with van der Waals surface area (Å²) in [7, 11) is 0. The molecule has 1 unspecified atom stereocenters. The number of likely N-dealkylation sites (tertiary alicyclic amines) is 1. The van der Waals surface area contributed by atoms with Gasteiger partial charge in [0.1, 0.15) is 5.82 Å². The molecular weight excluding hydrogens is 261 g/mol. The van der Waals surface area contributed by atoms with E-state index in [4.69, 9.17) is 0 Å². The molecular formula is C15H16FNOS. The molecule has 0 saturated carbocycles. The number of hydrogen-bond acceptors (Lipinski definition) is 2. The quantitative estimate of drug-likeness (QED) is 0.770. The molecule has 0 bridgehead atoms. The van der Waals surface area contributed by atoms with E-state index in [1.165, 1.54) is 29.9 Å². The number of carbonyl (C=O) groups is 1. The minimum Gasteiger partial charge on any atom is -0.335 e. The zero-order valence-corrected chi connectivity index (χ0v) is 11.7. The Labute approximate surface area is 115 Å². The molecule has 1 saturated heterocycles. The van der Waals surface area contributed by atoms with Crippen molar-refractivity contribution in [2.75, 3.05) is 6.54 Å². The maximum absolute atomic E-state index is 13.2. The van der Waals surface area contributed by atoms with Crippen molar-refractivity contribution in [3.05, 3.63) is 35.0 Å². The standard InChI is InChI=1S/C15H16FNOS/c1-10-4-2-3-7-17(10)15(18)14-9-11-8-12(16)5-6-13(11)19-14/h5-6,8-10H,2-4,7H2,1H3. The van der Waals surface area contributed by atoms with Crippen LogP contribution in [0, 0.1) is 5.82 Å². The second-order valence-electron chi connectivity index (χ2n) is 5.14. The highest BCUT2D eigenvalue weighted by Gasteiger charge is 2.25. The summed E-state index contributed by atoms with van der Waals surface area (Å²) in [5.41, 5.74) is 0. The smallest absolute Gasteiger partial charge is 0.264 e. The van der Waals surface area contributed by atoms with Crippen molar-refractivity contribution in [3.8, 4) is 0 Å². The minimum absolute atomic E-state index is 0.0915. The van der Waals surface area contributed by atoms with Gasteiger partial charge in [0.05, 0.1) is 4.88 Å². The molecule has 1 amide bonds. The van der Waals surface area contributed by atoms with Crippen LogP contribution in [-0.2, 0) is 0 Å². The van der Waals surface area contributed by atoms with E-state index in [9.17, 15) is 9.18 Å².